The van der Waals surface area contributed by atoms with E-state index in [9.17, 15) is 0 Å². The maximum atomic E-state index is 6.23. The molecule has 0 aliphatic carbocycles. The average Bonchev–Trinajstić information content (AvgIpc) is 3.42. The third-order valence-corrected chi connectivity index (χ3v) is 5.38. The molecule has 0 spiro atoms. The molecule has 0 unspecified atom stereocenters. The summed E-state index contributed by atoms with van der Waals surface area (Å²) in [5.41, 5.74) is 3.61. The van der Waals surface area contributed by atoms with Crippen molar-refractivity contribution in [3.63, 3.8) is 0 Å². The van der Waals surface area contributed by atoms with Gasteiger partial charge in [0.25, 0.3) is 0 Å². The topological polar surface area (TPSA) is 75.2 Å². The van der Waals surface area contributed by atoms with Crippen LogP contribution in [0.5, 0.6) is 5.88 Å². The van der Waals surface area contributed by atoms with E-state index in [1.54, 1.807) is 12.5 Å². The SMILES string of the molecule is Cc1cc(Cc2nc(O[C@H]3CCOC3)c3c(ccn3-c3ccoc3)n2)sn1. The van der Waals surface area contributed by atoms with Crippen molar-refractivity contribution in [1.29, 1.82) is 0 Å². The normalized spacial score (nSPS) is 17.0. The van der Waals surface area contributed by atoms with E-state index in [0.717, 1.165) is 39.5 Å². The van der Waals surface area contributed by atoms with Crippen LogP contribution in [0.4, 0.5) is 0 Å². The zero-order valence-corrected chi connectivity index (χ0v) is 15.6. The molecule has 27 heavy (non-hydrogen) atoms. The minimum atomic E-state index is 0.00861. The van der Waals surface area contributed by atoms with Gasteiger partial charge in [-0.05, 0) is 30.6 Å². The number of nitrogens with zero attached hydrogens (tertiary/aromatic N) is 4. The van der Waals surface area contributed by atoms with Crippen LogP contribution in [-0.2, 0) is 11.2 Å². The first-order chi connectivity index (χ1) is 13.3. The summed E-state index contributed by atoms with van der Waals surface area (Å²) in [6.07, 6.45) is 6.80. The molecule has 0 bridgehead atoms. The Labute approximate surface area is 159 Å². The molecular weight excluding hydrogens is 364 g/mol. The van der Waals surface area contributed by atoms with Gasteiger partial charge in [0, 0.05) is 30.0 Å². The highest BCUT2D eigenvalue weighted by atomic mass is 32.1. The molecule has 0 N–H and O–H groups in total. The van der Waals surface area contributed by atoms with Gasteiger partial charge < -0.3 is 18.5 Å². The molecule has 0 saturated carbocycles. The van der Waals surface area contributed by atoms with Gasteiger partial charge in [-0.3, -0.25) is 0 Å². The van der Waals surface area contributed by atoms with Crippen molar-refractivity contribution >= 4 is 22.6 Å². The van der Waals surface area contributed by atoms with E-state index in [0.29, 0.717) is 25.5 Å². The molecule has 138 valence electrons. The maximum absolute atomic E-state index is 6.23. The smallest absolute Gasteiger partial charge is 0.242 e. The third-order valence-electron chi connectivity index (χ3n) is 4.51. The molecule has 7 nitrogen and oxygen atoms in total. The van der Waals surface area contributed by atoms with Crippen LogP contribution in [0.2, 0.25) is 0 Å². The minimum Gasteiger partial charge on any atom is -0.470 e. The van der Waals surface area contributed by atoms with E-state index >= 15 is 0 Å². The lowest BCUT2D eigenvalue weighted by Gasteiger charge is -2.14. The van der Waals surface area contributed by atoms with Crippen molar-refractivity contribution in [2.45, 2.75) is 25.9 Å². The predicted octanol–water partition coefficient (Wildman–Crippen LogP) is 3.54. The van der Waals surface area contributed by atoms with Crippen LogP contribution in [0.15, 0.2) is 41.3 Å². The summed E-state index contributed by atoms with van der Waals surface area (Å²) in [5.74, 6) is 1.31. The molecule has 8 heteroatoms. The molecular formula is C19H18N4O3S. The van der Waals surface area contributed by atoms with Crippen molar-refractivity contribution in [1.82, 2.24) is 18.9 Å². The van der Waals surface area contributed by atoms with Crippen LogP contribution < -0.4 is 4.74 Å². The van der Waals surface area contributed by atoms with E-state index in [-0.39, 0.29) is 6.10 Å². The molecule has 1 fully saturated rings. The number of rotatable bonds is 5. The van der Waals surface area contributed by atoms with Crippen LogP contribution in [-0.4, -0.2) is 38.2 Å². The Balaban J connectivity index is 1.59. The Kier molecular flexibility index (Phi) is 4.14. The van der Waals surface area contributed by atoms with Gasteiger partial charge in [0.2, 0.25) is 5.88 Å². The first-order valence-electron chi connectivity index (χ1n) is 8.83. The Morgan fingerprint density at radius 1 is 1.33 bits per heavy atom. The second-order valence-electron chi connectivity index (χ2n) is 6.56. The zero-order valence-electron chi connectivity index (χ0n) is 14.8. The summed E-state index contributed by atoms with van der Waals surface area (Å²) < 4.78 is 23.3. The molecule has 1 saturated heterocycles. The fourth-order valence-corrected chi connectivity index (χ4v) is 3.98. The Hall–Kier alpha value is -2.71. The van der Waals surface area contributed by atoms with Gasteiger partial charge in [-0.25, -0.2) is 4.98 Å². The fraction of sp³-hybridized carbons (Fsp3) is 0.316. The Bertz CT molecular complexity index is 1060. The summed E-state index contributed by atoms with van der Waals surface area (Å²) in [5, 5.41) is 0. The van der Waals surface area contributed by atoms with Crippen LogP contribution in [0.1, 0.15) is 22.8 Å². The lowest BCUT2D eigenvalue weighted by Crippen LogP contribution is -2.18. The molecule has 0 aromatic carbocycles. The van der Waals surface area contributed by atoms with Crippen molar-refractivity contribution in [3.8, 4) is 11.6 Å². The number of aromatic nitrogens is 4. The predicted molar refractivity (Wildman–Crippen MR) is 101 cm³/mol. The van der Waals surface area contributed by atoms with E-state index in [1.165, 1.54) is 11.5 Å². The van der Waals surface area contributed by atoms with Crippen LogP contribution in [0, 0.1) is 6.92 Å². The molecule has 4 aromatic heterocycles. The van der Waals surface area contributed by atoms with Crippen molar-refractivity contribution in [2.24, 2.45) is 0 Å². The first-order valence-corrected chi connectivity index (χ1v) is 9.61. The summed E-state index contributed by atoms with van der Waals surface area (Å²) in [4.78, 5) is 10.6. The molecule has 1 aliphatic rings. The average molecular weight is 382 g/mol. The lowest BCUT2D eigenvalue weighted by atomic mass is 10.3. The second-order valence-corrected chi connectivity index (χ2v) is 7.45. The molecule has 1 aliphatic heterocycles. The molecule has 0 amide bonds. The van der Waals surface area contributed by atoms with Gasteiger partial charge in [0.15, 0.2) is 0 Å². The Morgan fingerprint density at radius 2 is 2.30 bits per heavy atom. The van der Waals surface area contributed by atoms with E-state index in [1.807, 2.05) is 29.8 Å². The summed E-state index contributed by atoms with van der Waals surface area (Å²) >= 11 is 1.48. The van der Waals surface area contributed by atoms with E-state index in [2.05, 4.69) is 10.4 Å². The van der Waals surface area contributed by atoms with Gasteiger partial charge in [-0.2, -0.15) is 9.36 Å². The lowest BCUT2D eigenvalue weighted by molar-refractivity contribution is 0.139. The van der Waals surface area contributed by atoms with Crippen molar-refractivity contribution in [2.75, 3.05) is 13.2 Å². The van der Waals surface area contributed by atoms with E-state index in [4.69, 9.17) is 23.9 Å². The van der Waals surface area contributed by atoms with Crippen molar-refractivity contribution in [3.05, 3.63) is 53.3 Å². The zero-order chi connectivity index (χ0) is 18.2. The molecule has 5 rings (SSSR count). The summed E-state index contributed by atoms with van der Waals surface area (Å²) in [6.45, 7) is 3.29. The fourth-order valence-electron chi connectivity index (χ4n) is 3.25. The highest BCUT2D eigenvalue weighted by Crippen LogP contribution is 2.29. The quantitative estimate of drug-likeness (QED) is 0.526. The van der Waals surface area contributed by atoms with Gasteiger partial charge in [0.1, 0.15) is 23.7 Å². The molecule has 5 heterocycles. The minimum absolute atomic E-state index is 0.00861. The largest absolute Gasteiger partial charge is 0.470 e. The number of hydrogen-bond acceptors (Lipinski definition) is 7. The molecule has 1 atom stereocenters. The van der Waals surface area contributed by atoms with Gasteiger partial charge in [-0.15, -0.1) is 0 Å². The van der Waals surface area contributed by atoms with E-state index < -0.39 is 0 Å². The van der Waals surface area contributed by atoms with Gasteiger partial charge >= 0.3 is 0 Å². The summed E-state index contributed by atoms with van der Waals surface area (Å²) in [7, 11) is 0. The van der Waals surface area contributed by atoms with Gasteiger partial charge in [-0.1, -0.05) is 0 Å². The van der Waals surface area contributed by atoms with Crippen LogP contribution >= 0.6 is 11.5 Å². The number of furan rings is 1. The van der Waals surface area contributed by atoms with Crippen LogP contribution in [0.25, 0.3) is 16.7 Å². The van der Waals surface area contributed by atoms with Crippen LogP contribution in [0.3, 0.4) is 0 Å². The number of ether oxygens (including phenoxy) is 2. The molecule has 0 radical (unpaired) electrons. The highest BCUT2D eigenvalue weighted by molar-refractivity contribution is 7.05. The number of aryl methyl sites for hydroxylation is 1. The Morgan fingerprint density at radius 3 is 3.04 bits per heavy atom. The van der Waals surface area contributed by atoms with Crippen molar-refractivity contribution < 1.29 is 13.9 Å². The maximum Gasteiger partial charge on any atom is 0.242 e. The standard InChI is InChI=1S/C19H18N4O3S/c1-12-8-15(27-22-12)9-17-20-16-2-5-23(13-3-6-24-10-13)18(16)19(21-17)26-14-4-7-25-11-14/h2-3,5-6,8,10,14H,4,7,9,11H2,1H3/t14-/m0/s1. The monoisotopic (exact) mass is 382 g/mol. The highest BCUT2D eigenvalue weighted by Gasteiger charge is 2.22. The number of hydrogen-bond donors (Lipinski definition) is 0. The van der Waals surface area contributed by atoms with Gasteiger partial charge in [0.05, 0.1) is 36.4 Å². The third kappa shape index (κ3) is 3.22. The summed E-state index contributed by atoms with van der Waals surface area (Å²) in [6, 6.07) is 5.94. The molecule has 4 aromatic rings. The first kappa shape index (κ1) is 16.5. The second kappa shape index (κ2) is 6.79. The number of fused-ring (bicyclic) bond motifs is 1.